The van der Waals surface area contributed by atoms with Crippen LogP contribution in [0.5, 0.6) is 5.75 Å². The third-order valence-electron chi connectivity index (χ3n) is 2.43. The molecule has 0 bridgehead atoms. The minimum atomic E-state index is -4.97. The Kier molecular flexibility index (Phi) is 5.45. The second-order valence-corrected chi connectivity index (χ2v) is 3.86. The van der Waals surface area contributed by atoms with E-state index in [0.717, 1.165) is 13.2 Å². The lowest BCUT2D eigenvalue weighted by Crippen LogP contribution is -2.18. The molecule has 0 aliphatic rings. The maximum Gasteiger partial charge on any atom is 0.433 e. The summed E-state index contributed by atoms with van der Waals surface area (Å²) >= 11 is 0. The zero-order chi connectivity index (χ0) is 16.2. The van der Waals surface area contributed by atoms with Crippen LogP contribution in [0.4, 0.5) is 22.0 Å². The van der Waals surface area contributed by atoms with Crippen LogP contribution in [0.2, 0.25) is 0 Å². The predicted molar refractivity (Wildman–Crippen MR) is 61.1 cm³/mol. The molecule has 0 unspecified atom stereocenters. The standard InChI is InChI=1S/C12H12F5NO3/c1-3-21-8(19)5-6-4-7(20-2)9(11(13)14)18-10(6)12(15,16)17/h4,11H,3,5H2,1-2H3. The summed E-state index contributed by atoms with van der Waals surface area (Å²) in [4.78, 5) is 14.2. The molecule has 21 heavy (non-hydrogen) atoms. The van der Waals surface area contributed by atoms with Gasteiger partial charge in [-0.05, 0) is 18.6 Å². The van der Waals surface area contributed by atoms with Gasteiger partial charge in [-0.2, -0.15) is 13.2 Å². The number of halogens is 5. The van der Waals surface area contributed by atoms with Crippen molar-refractivity contribution in [1.82, 2.24) is 4.98 Å². The Morgan fingerprint density at radius 2 is 2.00 bits per heavy atom. The summed E-state index contributed by atoms with van der Waals surface area (Å²) < 4.78 is 73.1. The first-order valence-electron chi connectivity index (χ1n) is 5.79. The third kappa shape index (κ3) is 4.27. The van der Waals surface area contributed by atoms with Crippen molar-refractivity contribution in [3.63, 3.8) is 0 Å². The highest BCUT2D eigenvalue weighted by Gasteiger charge is 2.38. The van der Waals surface area contributed by atoms with Gasteiger partial charge in [0.2, 0.25) is 0 Å². The maximum absolute atomic E-state index is 12.9. The van der Waals surface area contributed by atoms with Crippen LogP contribution in [0.15, 0.2) is 6.07 Å². The molecule has 118 valence electrons. The van der Waals surface area contributed by atoms with Gasteiger partial charge in [0.1, 0.15) is 17.1 Å². The van der Waals surface area contributed by atoms with E-state index in [1.54, 1.807) is 0 Å². The molecule has 0 aliphatic carbocycles. The topological polar surface area (TPSA) is 48.4 Å². The number of aromatic nitrogens is 1. The molecule has 0 saturated carbocycles. The maximum atomic E-state index is 12.9. The molecule has 0 saturated heterocycles. The van der Waals surface area contributed by atoms with Crippen LogP contribution >= 0.6 is 0 Å². The smallest absolute Gasteiger partial charge is 0.433 e. The Hall–Kier alpha value is -1.93. The van der Waals surface area contributed by atoms with Crippen LogP contribution in [-0.2, 0) is 22.1 Å². The summed E-state index contributed by atoms with van der Waals surface area (Å²) in [5.74, 6) is -1.44. The molecule has 1 rings (SSSR count). The Morgan fingerprint density at radius 3 is 2.43 bits per heavy atom. The van der Waals surface area contributed by atoms with Crippen molar-refractivity contribution < 1.29 is 36.2 Å². The third-order valence-corrected chi connectivity index (χ3v) is 2.43. The molecule has 1 heterocycles. The molecular weight excluding hydrogens is 301 g/mol. The van der Waals surface area contributed by atoms with Crippen LogP contribution in [0.25, 0.3) is 0 Å². The van der Waals surface area contributed by atoms with Crippen LogP contribution in [0, 0.1) is 0 Å². The van der Waals surface area contributed by atoms with Crippen molar-refractivity contribution in [3.05, 3.63) is 23.0 Å². The first-order chi connectivity index (χ1) is 9.70. The van der Waals surface area contributed by atoms with Crippen molar-refractivity contribution in [2.24, 2.45) is 0 Å². The lowest BCUT2D eigenvalue weighted by molar-refractivity contribution is -0.144. The Labute approximate surface area is 116 Å². The predicted octanol–water partition coefficient (Wildman–Crippen LogP) is 3.15. The van der Waals surface area contributed by atoms with Crippen molar-refractivity contribution in [2.75, 3.05) is 13.7 Å². The van der Waals surface area contributed by atoms with Crippen molar-refractivity contribution in [3.8, 4) is 5.75 Å². The molecule has 4 nitrogen and oxygen atoms in total. The number of ether oxygens (including phenoxy) is 2. The van der Waals surface area contributed by atoms with Gasteiger partial charge in [0.25, 0.3) is 6.43 Å². The monoisotopic (exact) mass is 313 g/mol. The minimum absolute atomic E-state index is 0.0140. The lowest BCUT2D eigenvalue weighted by Gasteiger charge is -2.15. The van der Waals surface area contributed by atoms with E-state index in [-0.39, 0.29) is 6.61 Å². The van der Waals surface area contributed by atoms with E-state index in [1.165, 1.54) is 6.92 Å². The van der Waals surface area contributed by atoms with Crippen molar-refractivity contribution >= 4 is 5.97 Å². The molecule has 0 radical (unpaired) electrons. The zero-order valence-corrected chi connectivity index (χ0v) is 11.1. The van der Waals surface area contributed by atoms with E-state index < -0.39 is 47.7 Å². The number of hydrogen-bond acceptors (Lipinski definition) is 4. The van der Waals surface area contributed by atoms with Gasteiger partial charge < -0.3 is 9.47 Å². The molecular formula is C12H12F5NO3. The molecule has 0 aromatic carbocycles. The highest BCUT2D eigenvalue weighted by atomic mass is 19.4. The number of carbonyl (C=O) groups is 1. The van der Waals surface area contributed by atoms with E-state index in [4.69, 9.17) is 0 Å². The number of pyridine rings is 1. The normalized spacial score (nSPS) is 11.6. The molecule has 1 aromatic rings. The number of rotatable bonds is 5. The molecule has 0 amide bonds. The second kappa shape index (κ2) is 6.68. The quantitative estimate of drug-likeness (QED) is 0.619. The van der Waals surface area contributed by atoms with Gasteiger partial charge in [-0.1, -0.05) is 0 Å². The average molecular weight is 313 g/mol. The number of esters is 1. The highest BCUT2D eigenvalue weighted by molar-refractivity contribution is 5.73. The molecule has 9 heteroatoms. The second-order valence-electron chi connectivity index (χ2n) is 3.86. The number of nitrogens with zero attached hydrogens (tertiary/aromatic N) is 1. The van der Waals surface area contributed by atoms with Gasteiger partial charge in [0, 0.05) is 0 Å². The highest BCUT2D eigenvalue weighted by Crippen LogP contribution is 2.36. The summed E-state index contributed by atoms with van der Waals surface area (Å²) in [6.45, 7) is 1.47. The molecule has 0 aliphatic heterocycles. The number of methoxy groups -OCH3 is 1. The van der Waals surface area contributed by atoms with E-state index in [0.29, 0.717) is 0 Å². The van der Waals surface area contributed by atoms with Gasteiger partial charge in [-0.3, -0.25) is 4.79 Å². The SMILES string of the molecule is CCOC(=O)Cc1cc(OC)c(C(F)F)nc1C(F)(F)F. The van der Waals surface area contributed by atoms with E-state index in [1.807, 2.05) is 0 Å². The molecule has 0 fully saturated rings. The number of hydrogen-bond donors (Lipinski definition) is 0. The Morgan fingerprint density at radius 1 is 1.38 bits per heavy atom. The fraction of sp³-hybridized carbons (Fsp3) is 0.500. The summed E-state index contributed by atoms with van der Waals surface area (Å²) in [6.07, 6.45) is -8.95. The van der Waals surface area contributed by atoms with Gasteiger partial charge in [0.15, 0.2) is 0 Å². The fourth-order valence-corrected chi connectivity index (χ4v) is 1.62. The van der Waals surface area contributed by atoms with Crippen LogP contribution in [0.1, 0.15) is 30.3 Å². The van der Waals surface area contributed by atoms with Crippen LogP contribution in [-0.4, -0.2) is 24.7 Å². The molecule has 0 atom stereocenters. The average Bonchev–Trinajstić information content (AvgIpc) is 2.36. The van der Waals surface area contributed by atoms with Gasteiger partial charge in [-0.15, -0.1) is 0 Å². The zero-order valence-electron chi connectivity index (χ0n) is 11.1. The first kappa shape index (κ1) is 17.1. The number of carbonyl (C=O) groups excluding carboxylic acids is 1. The fourth-order valence-electron chi connectivity index (χ4n) is 1.62. The van der Waals surface area contributed by atoms with Crippen molar-refractivity contribution in [2.45, 2.75) is 25.9 Å². The number of alkyl halides is 5. The van der Waals surface area contributed by atoms with Gasteiger partial charge >= 0.3 is 12.1 Å². The Bertz CT molecular complexity index is 516. The van der Waals surface area contributed by atoms with Gasteiger partial charge in [0.05, 0.1) is 20.1 Å². The van der Waals surface area contributed by atoms with E-state index in [2.05, 4.69) is 14.5 Å². The lowest BCUT2D eigenvalue weighted by atomic mass is 10.1. The summed E-state index contributed by atoms with van der Waals surface area (Å²) in [5.41, 5.74) is -3.26. The summed E-state index contributed by atoms with van der Waals surface area (Å²) in [6, 6.07) is 0.730. The molecule has 0 spiro atoms. The summed E-state index contributed by atoms with van der Waals surface area (Å²) in [5, 5.41) is 0. The van der Waals surface area contributed by atoms with E-state index >= 15 is 0 Å². The Balaban J connectivity index is 3.36. The first-order valence-corrected chi connectivity index (χ1v) is 5.79. The minimum Gasteiger partial charge on any atom is -0.495 e. The largest absolute Gasteiger partial charge is 0.495 e. The van der Waals surface area contributed by atoms with E-state index in [9.17, 15) is 26.7 Å². The molecule has 1 aromatic heterocycles. The van der Waals surface area contributed by atoms with Gasteiger partial charge in [-0.25, -0.2) is 13.8 Å². The van der Waals surface area contributed by atoms with Crippen LogP contribution < -0.4 is 4.74 Å². The van der Waals surface area contributed by atoms with Crippen molar-refractivity contribution in [1.29, 1.82) is 0 Å². The summed E-state index contributed by atoms with van der Waals surface area (Å²) in [7, 11) is 1.02. The molecule has 0 N–H and O–H groups in total. The van der Waals surface area contributed by atoms with Crippen LogP contribution in [0.3, 0.4) is 0 Å².